The summed E-state index contributed by atoms with van der Waals surface area (Å²) >= 11 is 30.0. The van der Waals surface area contributed by atoms with E-state index in [-0.39, 0.29) is 23.0 Å². The van der Waals surface area contributed by atoms with Gasteiger partial charge in [-0.2, -0.15) is 0 Å². The fraction of sp³-hybridized carbons (Fsp3) is 0.0392. The molecule has 4 N–H and O–H groups in total. The number of phenolic OH excluding ortho intramolecular Hbond substituents is 4. The Hall–Kier alpha value is -3.93. The molecule has 66 heavy (non-hydrogen) atoms. The molecule has 0 bridgehead atoms. The third-order valence-electron chi connectivity index (χ3n) is 11.2. The molecule has 8 aromatic rings. The predicted octanol–water partition coefficient (Wildman–Crippen LogP) is 15.7. The lowest BCUT2D eigenvalue weighted by molar-refractivity contribution is -0.415. The van der Waals surface area contributed by atoms with Crippen LogP contribution in [0, 0.1) is 0 Å². The number of carbonyl (C=O) groups excluding carboxylic acids is 1. The maximum atomic E-state index is 9.87. The van der Waals surface area contributed by atoms with Gasteiger partial charge in [-0.25, -0.2) is 0 Å². The van der Waals surface area contributed by atoms with Crippen LogP contribution < -0.4 is 10.2 Å². The van der Waals surface area contributed by atoms with E-state index in [2.05, 4.69) is 152 Å². The van der Waals surface area contributed by atoms with Crippen LogP contribution in [-0.4, -0.2) is 26.6 Å². The summed E-state index contributed by atoms with van der Waals surface area (Å²) in [6, 6.07) is 37.9. The minimum absolute atomic E-state index is 0.235. The molecule has 0 radical (unpaired) electrons. The van der Waals surface area contributed by atoms with E-state index in [1.54, 1.807) is 48.5 Å². The zero-order valence-corrected chi connectivity index (χ0v) is 46.2. The Morgan fingerprint density at radius 1 is 0.333 bits per heavy atom. The smallest absolute Gasteiger partial charge is 0.115 e. The largest absolute Gasteiger partial charge is 0.652 e. The summed E-state index contributed by atoms with van der Waals surface area (Å²) in [6.45, 7) is 0. The number of hydrogen-bond donors (Lipinski definition) is 4. The van der Waals surface area contributed by atoms with Crippen LogP contribution in [0.5, 0.6) is 23.0 Å². The second kappa shape index (κ2) is 20.0. The molecule has 15 heteroatoms. The first kappa shape index (κ1) is 48.5. The molecule has 8 aromatic carbocycles. The van der Waals surface area contributed by atoms with Crippen LogP contribution >= 0.6 is 127 Å². The monoisotopic (exact) mass is 1380 g/mol. The van der Waals surface area contributed by atoms with Crippen molar-refractivity contribution in [2.24, 2.45) is 0 Å². The lowest BCUT2D eigenvalue weighted by atomic mass is 9.87. The molecule has 0 fully saturated rings. The Morgan fingerprint density at radius 3 is 0.879 bits per heavy atom. The molecule has 0 atom stereocenters. The van der Waals surface area contributed by atoms with Crippen LogP contribution in [0.3, 0.4) is 0 Å². The number of hydrogen-bond acceptors (Lipinski definition) is 7. The Balaban J connectivity index is 0.000000166. The Kier molecular flexibility index (Phi) is 14.7. The predicted molar refractivity (Wildman–Crippen MR) is 285 cm³/mol. The number of phenols is 4. The third-order valence-corrected chi connectivity index (χ3v) is 20.9. The van der Waals surface area contributed by atoms with Crippen molar-refractivity contribution in [3.63, 3.8) is 0 Å². The van der Waals surface area contributed by atoms with Gasteiger partial charge < -0.3 is 35.4 Å². The van der Waals surface area contributed by atoms with E-state index in [0.717, 1.165) is 104 Å². The van der Waals surface area contributed by atoms with Crippen LogP contribution in [0.1, 0.15) is 22.3 Å². The lowest BCUT2D eigenvalue weighted by Crippen LogP contribution is -2.37. The molecule has 0 amide bonds. The first-order chi connectivity index (χ1) is 31.5. The first-order valence-electron chi connectivity index (χ1n) is 19.5. The SMILES string of the molecule is O=C([O-])[O-].Oc1ccc(-c2ccc3c(c2-c2ccc(O)cc2)-c2c(Br)c(Br)c(Br)c(Br)c2C3)cc1.Oc1ccc(-c2ccc3c(c2-c2ccc(O)cc2)-c2c(Br)c(Br)c(Br)c(Br)c2C3)cc1. The average Bonchev–Trinajstić information content (AvgIpc) is 3.90. The molecular formula is C51H28Br8O7-2. The van der Waals surface area contributed by atoms with Crippen molar-refractivity contribution in [3.8, 4) is 89.8 Å². The lowest BCUT2D eigenvalue weighted by Gasteiger charge is -2.18. The van der Waals surface area contributed by atoms with Gasteiger partial charge >= 0.3 is 0 Å². The van der Waals surface area contributed by atoms with Gasteiger partial charge in [0.2, 0.25) is 0 Å². The highest BCUT2D eigenvalue weighted by Crippen LogP contribution is 2.57. The minimum Gasteiger partial charge on any atom is -0.652 e. The summed E-state index contributed by atoms with van der Waals surface area (Å²) in [6.07, 6.45) is -0.701. The van der Waals surface area contributed by atoms with E-state index >= 15 is 0 Å². The highest BCUT2D eigenvalue weighted by molar-refractivity contribution is 9.15. The molecule has 332 valence electrons. The van der Waals surface area contributed by atoms with Gasteiger partial charge in [-0.3, -0.25) is 0 Å². The number of benzene rings is 8. The van der Waals surface area contributed by atoms with Crippen molar-refractivity contribution in [1.82, 2.24) is 0 Å². The summed E-state index contributed by atoms with van der Waals surface area (Å²) < 4.78 is 7.95. The average molecular weight is 1390 g/mol. The minimum atomic E-state index is -2.33. The third kappa shape index (κ3) is 9.31. The molecule has 0 aliphatic heterocycles. The molecule has 0 unspecified atom stereocenters. The number of carboxylic acid groups (broad SMARTS) is 2. The van der Waals surface area contributed by atoms with Gasteiger partial charge in [0.05, 0.1) is 0 Å². The zero-order chi connectivity index (χ0) is 47.3. The highest BCUT2D eigenvalue weighted by atomic mass is 79.9. The van der Waals surface area contributed by atoms with Gasteiger partial charge in [-0.15, -0.1) is 0 Å². The van der Waals surface area contributed by atoms with Crippen LogP contribution in [0.15, 0.2) is 157 Å². The second-order valence-electron chi connectivity index (χ2n) is 15.1. The topological polar surface area (TPSA) is 144 Å². The molecule has 2 aliphatic carbocycles. The first-order valence-corrected chi connectivity index (χ1v) is 25.9. The fourth-order valence-electron chi connectivity index (χ4n) is 8.36. The van der Waals surface area contributed by atoms with E-state index < -0.39 is 6.16 Å². The quantitative estimate of drug-likeness (QED) is 0.101. The summed E-state index contributed by atoms with van der Waals surface area (Å²) in [5, 5.41) is 56.0. The van der Waals surface area contributed by atoms with Crippen LogP contribution in [0.4, 0.5) is 4.79 Å². The molecule has 0 saturated carbocycles. The molecule has 0 saturated heterocycles. The Bertz CT molecular complexity index is 3010. The molecular weight excluding hydrogens is 1360 g/mol. The normalized spacial score (nSPS) is 11.6. The molecule has 0 spiro atoms. The fourth-order valence-corrected chi connectivity index (χ4v) is 13.4. The van der Waals surface area contributed by atoms with Crippen LogP contribution in [-0.2, 0) is 12.8 Å². The maximum Gasteiger partial charge on any atom is 0.115 e. The van der Waals surface area contributed by atoms with Gasteiger partial charge in [0.25, 0.3) is 0 Å². The number of fused-ring (bicyclic) bond motifs is 6. The van der Waals surface area contributed by atoms with Crippen molar-refractivity contribution >= 4 is 134 Å². The summed E-state index contributed by atoms with van der Waals surface area (Å²) in [5.74, 6) is 0.945. The van der Waals surface area contributed by atoms with E-state index in [4.69, 9.17) is 15.0 Å². The van der Waals surface area contributed by atoms with Gasteiger partial charge in [0, 0.05) is 46.9 Å². The van der Waals surface area contributed by atoms with Gasteiger partial charge in [0.1, 0.15) is 23.0 Å². The summed E-state index contributed by atoms with van der Waals surface area (Å²) in [4.78, 5) is 8.33. The number of carbonyl (C=O) groups is 1. The molecule has 2 aliphatic rings. The van der Waals surface area contributed by atoms with E-state index in [0.29, 0.717) is 0 Å². The number of halogens is 8. The van der Waals surface area contributed by atoms with Crippen molar-refractivity contribution in [3.05, 3.63) is 179 Å². The molecule has 7 nitrogen and oxygen atoms in total. The molecule has 0 heterocycles. The van der Waals surface area contributed by atoms with Gasteiger partial charge in [-0.05, 0) is 273 Å². The Labute approximate surface area is 446 Å². The highest BCUT2D eigenvalue weighted by Gasteiger charge is 2.33. The molecule has 0 aromatic heterocycles. The van der Waals surface area contributed by atoms with E-state index in [9.17, 15) is 20.4 Å². The zero-order valence-electron chi connectivity index (χ0n) is 33.5. The van der Waals surface area contributed by atoms with Crippen molar-refractivity contribution < 1.29 is 35.4 Å². The second-order valence-corrected chi connectivity index (χ2v) is 21.4. The van der Waals surface area contributed by atoms with Crippen molar-refractivity contribution in [1.29, 1.82) is 0 Å². The van der Waals surface area contributed by atoms with E-state index in [1.807, 2.05) is 48.5 Å². The number of aromatic hydroxyl groups is 4. The van der Waals surface area contributed by atoms with Crippen molar-refractivity contribution in [2.75, 3.05) is 0 Å². The maximum absolute atomic E-state index is 9.87. The van der Waals surface area contributed by atoms with E-state index in [1.165, 1.54) is 33.4 Å². The Morgan fingerprint density at radius 2 is 0.591 bits per heavy atom. The summed E-state index contributed by atoms with van der Waals surface area (Å²) in [5.41, 5.74) is 18.0. The van der Waals surface area contributed by atoms with Crippen LogP contribution in [0.25, 0.3) is 66.8 Å². The van der Waals surface area contributed by atoms with Crippen LogP contribution in [0.2, 0.25) is 0 Å². The van der Waals surface area contributed by atoms with Gasteiger partial charge in [0.15, 0.2) is 0 Å². The van der Waals surface area contributed by atoms with Gasteiger partial charge in [-0.1, -0.05) is 72.8 Å². The standard InChI is InChI=1S/2C25H14Br4O2.CH2O3/c2*26-22-18-11-14-5-10-17(12-1-6-15(30)7-2-12)19(13-3-8-16(31)9-4-13)20(14)21(18)23(27)25(29)24(22)28;2-1(3)4/h2*1-10,30-31H,11H2;(H2,2,3,4)/p-2. The summed E-state index contributed by atoms with van der Waals surface area (Å²) in [7, 11) is 0. The molecule has 10 rings (SSSR count). The number of rotatable bonds is 4. The van der Waals surface area contributed by atoms with Crippen molar-refractivity contribution in [2.45, 2.75) is 12.8 Å².